The second-order valence-electron chi connectivity index (χ2n) is 6.08. The van der Waals surface area contributed by atoms with Gasteiger partial charge in [-0.2, -0.15) is 9.78 Å². The molecule has 1 aromatic heterocycles. The maximum absolute atomic E-state index is 12.5. The van der Waals surface area contributed by atoms with E-state index in [9.17, 15) is 19.7 Å². The number of nitrogens with zero attached hydrogens (tertiary/aromatic N) is 3. The summed E-state index contributed by atoms with van der Waals surface area (Å²) in [5.74, 6) is -0.313. The van der Waals surface area contributed by atoms with Gasteiger partial charge in [-0.25, -0.2) is 0 Å². The van der Waals surface area contributed by atoms with E-state index in [2.05, 4.69) is 15.7 Å². The van der Waals surface area contributed by atoms with E-state index in [1.165, 1.54) is 30.5 Å². The van der Waals surface area contributed by atoms with Crippen LogP contribution in [0.3, 0.4) is 0 Å². The summed E-state index contributed by atoms with van der Waals surface area (Å²) in [4.78, 5) is 35.1. The summed E-state index contributed by atoms with van der Waals surface area (Å²) in [6.07, 6.45) is 1.32. The highest BCUT2D eigenvalue weighted by atomic mass is 35.5. The van der Waals surface area contributed by atoms with Crippen LogP contribution in [0.1, 0.15) is 6.92 Å². The smallest absolute Gasteiger partial charge is 0.292 e. The zero-order valence-electron chi connectivity index (χ0n) is 15.2. The van der Waals surface area contributed by atoms with E-state index in [0.717, 1.165) is 4.68 Å². The number of hydrogen-bond acceptors (Lipinski definition) is 6. The van der Waals surface area contributed by atoms with Crippen molar-refractivity contribution in [3.63, 3.8) is 0 Å². The third-order valence-electron chi connectivity index (χ3n) is 4.03. The van der Waals surface area contributed by atoms with E-state index in [4.69, 9.17) is 11.6 Å². The first kappa shape index (κ1) is 20.0. The summed E-state index contributed by atoms with van der Waals surface area (Å²) in [6, 6.07) is 13.6. The number of aromatic nitrogens is 2. The summed E-state index contributed by atoms with van der Waals surface area (Å²) in [6.45, 7) is 1.62. The Balaban J connectivity index is 1.77. The van der Waals surface area contributed by atoms with Gasteiger partial charge in [0.1, 0.15) is 11.1 Å². The zero-order valence-corrected chi connectivity index (χ0v) is 16.0. The van der Waals surface area contributed by atoms with Gasteiger partial charge in [-0.05, 0) is 31.2 Å². The predicted molar refractivity (Wildman–Crippen MR) is 110 cm³/mol. The normalized spacial score (nSPS) is 11.5. The molecule has 0 spiro atoms. The van der Waals surface area contributed by atoms with Crippen LogP contribution in [0.4, 0.5) is 17.1 Å². The van der Waals surface area contributed by atoms with E-state index in [1.54, 1.807) is 31.2 Å². The number of halogens is 1. The van der Waals surface area contributed by atoms with E-state index in [1.807, 2.05) is 6.07 Å². The van der Waals surface area contributed by atoms with Gasteiger partial charge in [0.15, 0.2) is 0 Å². The summed E-state index contributed by atoms with van der Waals surface area (Å²) in [5, 5.41) is 20.2. The van der Waals surface area contributed by atoms with Crippen LogP contribution in [0.15, 0.2) is 65.6 Å². The van der Waals surface area contributed by atoms with Gasteiger partial charge >= 0.3 is 0 Å². The van der Waals surface area contributed by atoms with Gasteiger partial charge < -0.3 is 10.6 Å². The van der Waals surface area contributed by atoms with Crippen molar-refractivity contribution in [3.05, 3.63) is 86.3 Å². The standard InChI is InChI=1S/C19H16ClN5O4/c1-12(18(26)23-13-5-3-2-4-6-13)22-16-11-21-24(19(27)17(16)20)14-7-9-15(10-8-14)25(28)29/h2-12,22H,1H3,(H,23,26). The molecular weight excluding hydrogens is 398 g/mol. The van der Waals surface area contributed by atoms with Crippen molar-refractivity contribution in [1.29, 1.82) is 0 Å². The fourth-order valence-electron chi connectivity index (χ4n) is 2.50. The number of para-hydroxylation sites is 1. The average molecular weight is 414 g/mol. The van der Waals surface area contributed by atoms with Crippen LogP contribution < -0.4 is 16.2 Å². The first-order chi connectivity index (χ1) is 13.9. The molecule has 1 atom stereocenters. The number of hydrogen-bond donors (Lipinski definition) is 2. The lowest BCUT2D eigenvalue weighted by Gasteiger charge is -2.16. The molecular formula is C19H16ClN5O4. The number of benzene rings is 2. The molecule has 2 aromatic carbocycles. The topological polar surface area (TPSA) is 119 Å². The van der Waals surface area contributed by atoms with Gasteiger partial charge in [0, 0.05) is 17.8 Å². The van der Waals surface area contributed by atoms with Crippen LogP contribution in [0.5, 0.6) is 0 Å². The van der Waals surface area contributed by atoms with Gasteiger partial charge in [0.25, 0.3) is 11.2 Å². The fraction of sp³-hybridized carbons (Fsp3) is 0.105. The van der Waals surface area contributed by atoms with Gasteiger partial charge in [0.05, 0.1) is 22.5 Å². The second kappa shape index (κ2) is 8.53. The molecule has 0 aliphatic carbocycles. The van der Waals surface area contributed by atoms with Crippen molar-refractivity contribution in [2.45, 2.75) is 13.0 Å². The Morgan fingerprint density at radius 3 is 2.45 bits per heavy atom. The number of nitro benzene ring substituents is 1. The molecule has 2 N–H and O–H groups in total. The third-order valence-corrected chi connectivity index (χ3v) is 4.40. The summed E-state index contributed by atoms with van der Waals surface area (Å²) in [5.41, 5.74) is 0.434. The van der Waals surface area contributed by atoms with Crippen molar-refractivity contribution in [2.24, 2.45) is 0 Å². The Kier molecular flexibility index (Phi) is 5.89. The average Bonchev–Trinajstić information content (AvgIpc) is 2.72. The molecule has 0 radical (unpaired) electrons. The maximum atomic E-state index is 12.5. The highest BCUT2D eigenvalue weighted by molar-refractivity contribution is 6.33. The molecule has 0 fully saturated rings. The highest BCUT2D eigenvalue weighted by Gasteiger charge is 2.17. The lowest BCUT2D eigenvalue weighted by molar-refractivity contribution is -0.384. The van der Waals surface area contributed by atoms with E-state index < -0.39 is 16.5 Å². The molecule has 148 valence electrons. The molecule has 0 aliphatic heterocycles. The molecule has 0 saturated heterocycles. The van der Waals surface area contributed by atoms with E-state index >= 15 is 0 Å². The maximum Gasteiger partial charge on any atom is 0.292 e. The summed E-state index contributed by atoms with van der Waals surface area (Å²) >= 11 is 6.16. The molecule has 3 rings (SSSR count). The monoisotopic (exact) mass is 413 g/mol. The summed E-state index contributed by atoms with van der Waals surface area (Å²) < 4.78 is 1.02. The van der Waals surface area contributed by atoms with Crippen LogP contribution in [0.2, 0.25) is 5.02 Å². The quantitative estimate of drug-likeness (QED) is 0.473. The Labute approximate surface area is 170 Å². The summed E-state index contributed by atoms with van der Waals surface area (Å²) in [7, 11) is 0. The molecule has 3 aromatic rings. The van der Waals surface area contributed by atoms with Crippen LogP contribution in [-0.2, 0) is 4.79 Å². The minimum atomic E-state index is -0.691. The Bertz CT molecular complexity index is 1100. The zero-order chi connectivity index (χ0) is 21.0. The minimum Gasteiger partial charge on any atom is -0.371 e. The molecule has 0 bridgehead atoms. The first-order valence-corrected chi connectivity index (χ1v) is 8.89. The number of carbonyl (C=O) groups is 1. The Morgan fingerprint density at radius 1 is 1.17 bits per heavy atom. The third kappa shape index (κ3) is 4.58. The number of amides is 1. The molecule has 1 amide bonds. The molecule has 10 heteroatoms. The van der Waals surface area contributed by atoms with Gasteiger partial charge in [-0.15, -0.1) is 0 Å². The van der Waals surface area contributed by atoms with Crippen molar-refractivity contribution in [3.8, 4) is 5.69 Å². The second-order valence-corrected chi connectivity index (χ2v) is 6.46. The minimum absolute atomic E-state index is 0.107. The van der Waals surface area contributed by atoms with E-state index in [-0.39, 0.29) is 22.3 Å². The SMILES string of the molecule is CC(Nc1cnn(-c2ccc([N+](=O)[O-])cc2)c(=O)c1Cl)C(=O)Nc1ccccc1. The molecule has 1 unspecified atom stereocenters. The number of anilines is 2. The van der Waals surface area contributed by atoms with Crippen LogP contribution in [-0.4, -0.2) is 26.7 Å². The van der Waals surface area contributed by atoms with Crippen molar-refractivity contribution in [2.75, 3.05) is 10.6 Å². The number of rotatable bonds is 6. The van der Waals surface area contributed by atoms with Crippen LogP contribution in [0.25, 0.3) is 5.69 Å². The lowest BCUT2D eigenvalue weighted by Crippen LogP contribution is -2.33. The Hall–Kier alpha value is -3.72. The van der Waals surface area contributed by atoms with Gasteiger partial charge in [-0.1, -0.05) is 29.8 Å². The van der Waals surface area contributed by atoms with Gasteiger partial charge in [-0.3, -0.25) is 19.7 Å². The molecule has 1 heterocycles. The first-order valence-electron chi connectivity index (χ1n) is 8.52. The van der Waals surface area contributed by atoms with Crippen LogP contribution in [0, 0.1) is 10.1 Å². The molecule has 29 heavy (non-hydrogen) atoms. The molecule has 9 nitrogen and oxygen atoms in total. The van der Waals surface area contributed by atoms with Crippen LogP contribution >= 0.6 is 11.6 Å². The predicted octanol–water partition coefficient (Wildman–Crippen LogP) is 3.23. The molecule has 0 saturated carbocycles. The Morgan fingerprint density at radius 2 is 1.83 bits per heavy atom. The number of nitrogens with one attached hydrogen (secondary N) is 2. The van der Waals surface area contributed by atoms with E-state index in [0.29, 0.717) is 11.4 Å². The number of nitro groups is 1. The fourth-order valence-corrected chi connectivity index (χ4v) is 2.69. The van der Waals surface area contributed by atoms with Crippen molar-refractivity contribution < 1.29 is 9.72 Å². The van der Waals surface area contributed by atoms with Gasteiger partial charge in [0.2, 0.25) is 5.91 Å². The largest absolute Gasteiger partial charge is 0.371 e. The molecule has 0 aliphatic rings. The number of carbonyl (C=O) groups excluding carboxylic acids is 1. The highest BCUT2D eigenvalue weighted by Crippen LogP contribution is 2.19. The lowest BCUT2D eigenvalue weighted by atomic mass is 10.2. The number of non-ortho nitro benzene ring substituents is 1. The van der Waals surface area contributed by atoms with Crippen molar-refractivity contribution in [1.82, 2.24) is 9.78 Å². The van der Waals surface area contributed by atoms with Crippen molar-refractivity contribution >= 4 is 34.6 Å².